The zero-order valence-electron chi connectivity index (χ0n) is 11.0. The van der Waals surface area contributed by atoms with Crippen LogP contribution in [0.25, 0.3) is 11.1 Å². The van der Waals surface area contributed by atoms with Crippen LogP contribution in [-0.2, 0) is 10.1 Å². The van der Waals surface area contributed by atoms with Crippen LogP contribution in [0.1, 0.15) is 0 Å². The van der Waals surface area contributed by atoms with E-state index < -0.39 is 10.1 Å². The Morgan fingerprint density at radius 2 is 1.60 bits per heavy atom. The molecule has 2 rings (SSSR count). The van der Waals surface area contributed by atoms with Crippen LogP contribution in [0.15, 0.2) is 47.4 Å². The summed E-state index contributed by atoms with van der Waals surface area (Å²) in [6.07, 6.45) is 0. The van der Waals surface area contributed by atoms with E-state index in [0.29, 0.717) is 11.3 Å². The molecule has 0 spiro atoms. The van der Waals surface area contributed by atoms with E-state index in [9.17, 15) is 13.0 Å². The molecule has 6 heteroatoms. The molecule has 0 heterocycles. The first kappa shape index (κ1) is 14.4. The molecule has 5 nitrogen and oxygen atoms in total. The maximum Gasteiger partial charge on any atom is 0.298 e. The van der Waals surface area contributed by atoms with Crippen molar-refractivity contribution < 1.29 is 22.4 Å². The summed E-state index contributed by atoms with van der Waals surface area (Å²) in [6.45, 7) is 0. The summed E-state index contributed by atoms with van der Waals surface area (Å²) >= 11 is 0. The minimum Gasteiger partial charge on any atom is -0.496 e. The first-order valence-corrected chi connectivity index (χ1v) is 7.21. The fourth-order valence-corrected chi connectivity index (χ4v) is 2.66. The molecule has 0 aliphatic heterocycles. The molecular weight excluding hydrogens is 280 g/mol. The van der Waals surface area contributed by atoms with Gasteiger partial charge in [-0.3, -0.25) is 4.55 Å². The second kappa shape index (κ2) is 5.52. The van der Waals surface area contributed by atoms with Crippen molar-refractivity contribution in [2.45, 2.75) is 4.90 Å². The predicted molar refractivity (Wildman–Crippen MR) is 74.8 cm³/mol. The Labute approximate surface area is 117 Å². The van der Waals surface area contributed by atoms with Gasteiger partial charge >= 0.3 is 0 Å². The van der Waals surface area contributed by atoms with E-state index in [4.69, 9.17) is 9.47 Å². The Balaban J connectivity index is 2.83. The molecular formula is C14H14O5S. The number of methoxy groups -OCH3 is 2. The summed E-state index contributed by atoms with van der Waals surface area (Å²) in [5.41, 5.74) is 1.21. The lowest BCUT2D eigenvalue weighted by Crippen LogP contribution is -2.04. The largest absolute Gasteiger partial charge is 0.496 e. The van der Waals surface area contributed by atoms with Crippen LogP contribution in [0.3, 0.4) is 0 Å². The molecule has 1 N–H and O–H groups in total. The summed E-state index contributed by atoms with van der Waals surface area (Å²) < 4.78 is 42.6. The number of benzene rings is 2. The summed E-state index contributed by atoms with van der Waals surface area (Å²) in [7, 11) is -1.56. The fourth-order valence-electron chi connectivity index (χ4n) is 2.00. The molecule has 0 aliphatic carbocycles. The third kappa shape index (κ3) is 2.61. The third-order valence-electron chi connectivity index (χ3n) is 2.85. The van der Waals surface area contributed by atoms with Crippen LogP contribution in [0.5, 0.6) is 11.5 Å². The Bertz CT molecular complexity index is 708. The van der Waals surface area contributed by atoms with Crippen molar-refractivity contribution in [3.63, 3.8) is 0 Å². The molecule has 0 amide bonds. The predicted octanol–water partition coefficient (Wildman–Crippen LogP) is 2.62. The SMILES string of the molecule is COc1ccc(S(=O)(=O)O)c(OC)c1-c1ccccc1. The highest BCUT2D eigenvalue weighted by molar-refractivity contribution is 7.86. The molecule has 0 unspecified atom stereocenters. The van der Waals surface area contributed by atoms with E-state index in [0.717, 1.165) is 5.56 Å². The Hall–Kier alpha value is -2.05. The smallest absolute Gasteiger partial charge is 0.298 e. The van der Waals surface area contributed by atoms with Crippen molar-refractivity contribution in [3.8, 4) is 22.6 Å². The summed E-state index contributed by atoms with van der Waals surface area (Å²) in [5.74, 6) is 0.513. The van der Waals surface area contributed by atoms with Crippen LogP contribution < -0.4 is 9.47 Å². The molecule has 0 bridgehead atoms. The minimum atomic E-state index is -4.38. The normalized spacial score (nSPS) is 11.2. The molecule has 106 valence electrons. The van der Waals surface area contributed by atoms with Gasteiger partial charge in [0.25, 0.3) is 10.1 Å². The lowest BCUT2D eigenvalue weighted by Gasteiger charge is -2.15. The number of rotatable bonds is 4. The molecule has 0 atom stereocenters. The highest BCUT2D eigenvalue weighted by atomic mass is 32.2. The number of hydrogen-bond donors (Lipinski definition) is 1. The summed E-state index contributed by atoms with van der Waals surface area (Å²) in [5, 5.41) is 0. The molecule has 2 aromatic rings. The van der Waals surface area contributed by atoms with Gasteiger partial charge in [-0.15, -0.1) is 0 Å². The van der Waals surface area contributed by atoms with E-state index in [2.05, 4.69) is 0 Å². The first-order valence-electron chi connectivity index (χ1n) is 5.77. The molecule has 0 aromatic heterocycles. The summed E-state index contributed by atoms with van der Waals surface area (Å²) in [6, 6.07) is 11.8. The van der Waals surface area contributed by atoms with Gasteiger partial charge in [0.05, 0.1) is 19.8 Å². The molecule has 0 aliphatic rings. The topological polar surface area (TPSA) is 72.8 Å². The fraction of sp³-hybridized carbons (Fsp3) is 0.143. The molecule has 20 heavy (non-hydrogen) atoms. The van der Waals surface area contributed by atoms with Crippen LogP contribution in [0, 0.1) is 0 Å². The minimum absolute atomic E-state index is 0.0538. The Morgan fingerprint density at radius 3 is 2.10 bits per heavy atom. The Morgan fingerprint density at radius 1 is 0.950 bits per heavy atom. The van der Waals surface area contributed by atoms with Gasteiger partial charge in [-0.05, 0) is 17.7 Å². The van der Waals surface area contributed by atoms with E-state index in [1.54, 1.807) is 12.1 Å². The van der Waals surface area contributed by atoms with Crippen LogP contribution >= 0.6 is 0 Å². The highest BCUT2D eigenvalue weighted by Crippen LogP contribution is 2.42. The van der Waals surface area contributed by atoms with Crippen molar-refractivity contribution in [1.82, 2.24) is 0 Å². The maximum atomic E-state index is 11.4. The van der Waals surface area contributed by atoms with Gasteiger partial charge in [0.15, 0.2) is 5.75 Å². The van der Waals surface area contributed by atoms with Crippen LogP contribution in [0.2, 0.25) is 0 Å². The van der Waals surface area contributed by atoms with Crippen molar-refractivity contribution in [2.24, 2.45) is 0 Å². The number of ether oxygens (including phenoxy) is 2. The zero-order valence-corrected chi connectivity index (χ0v) is 11.8. The second-order valence-corrected chi connectivity index (χ2v) is 5.41. The quantitative estimate of drug-likeness (QED) is 0.877. The van der Waals surface area contributed by atoms with Crippen molar-refractivity contribution >= 4 is 10.1 Å². The lowest BCUT2D eigenvalue weighted by atomic mass is 10.0. The maximum absolute atomic E-state index is 11.4. The first-order chi connectivity index (χ1) is 9.49. The molecule has 2 aromatic carbocycles. The average molecular weight is 294 g/mol. The van der Waals surface area contributed by atoms with Gasteiger partial charge in [-0.1, -0.05) is 30.3 Å². The van der Waals surface area contributed by atoms with E-state index in [-0.39, 0.29) is 10.6 Å². The lowest BCUT2D eigenvalue weighted by molar-refractivity contribution is 0.386. The monoisotopic (exact) mass is 294 g/mol. The molecule has 0 radical (unpaired) electrons. The third-order valence-corrected chi connectivity index (χ3v) is 3.73. The van der Waals surface area contributed by atoms with Gasteiger partial charge in [0, 0.05) is 0 Å². The van der Waals surface area contributed by atoms with Crippen LogP contribution in [0.4, 0.5) is 0 Å². The van der Waals surface area contributed by atoms with Crippen LogP contribution in [-0.4, -0.2) is 27.2 Å². The van der Waals surface area contributed by atoms with E-state index >= 15 is 0 Å². The molecule has 0 saturated heterocycles. The van der Waals surface area contributed by atoms with Gasteiger partial charge in [-0.25, -0.2) is 0 Å². The second-order valence-electron chi connectivity index (χ2n) is 4.02. The Kier molecular flexibility index (Phi) is 3.96. The molecule has 0 saturated carbocycles. The molecule has 0 fully saturated rings. The van der Waals surface area contributed by atoms with Gasteiger partial charge < -0.3 is 9.47 Å². The highest BCUT2D eigenvalue weighted by Gasteiger charge is 2.23. The number of hydrogen-bond acceptors (Lipinski definition) is 4. The van der Waals surface area contributed by atoms with Crippen molar-refractivity contribution in [1.29, 1.82) is 0 Å². The van der Waals surface area contributed by atoms with Gasteiger partial charge in [0.2, 0.25) is 0 Å². The van der Waals surface area contributed by atoms with Gasteiger partial charge in [-0.2, -0.15) is 8.42 Å². The average Bonchev–Trinajstić information content (AvgIpc) is 2.45. The standard InChI is InChI=1S/C14H14O5S/c1-18-11-8-9-12(20(15,16)17)14(19-2)13(11)10-6-4-3-5-7-10/h3-9H,1-2H3,(H,15,16,17). The zero-order chi connectivity index (χ0) is 14.8. The van der Waals surface area contributed by atoms with Crippen molar-refractivity contribution in [3.05, 3.63) is 42.5 Å². The van der Waals surface area contributed by atoms with Gasteiger partial charge in [0.1, 0.15) is 10.6 Å². The van der Waals surface area contributed by atoms with Crippen molar-refractivity contribution in [2.75, 3.05) is 14.2 Å². The van der Waals surface area contributed by atoms with E-state index in [1.165, 1.54) is 26.4 Å². The summed E-state index contributed by atoms with van der Waals surface area (Å²) in [4.78, 5) is -0.292. The van der Waals surface area contributed by atoms with E-state index in [1.807, 2.05) is 18.2 Å².